The predicted molar refractivity (Wildman–Crippen MR) is 100 cm³/mol. The zero-order chi connectivity index (χ0) is 15.5. The summed E-state index contributed by atoms with van der Waals surface area (Å²) in [5, 5.41) is 6.70. The fourth-order valence-electron chi connectivity index (χ4n) is 3.18. The van der Waals surface area contributed by atoms with Crippen LogP contribution in [0.15, 0.2) is 29.3 Å². The lowest BCUT2D eigenvalue weighted by atomic mass is 9.96. The summed E-state index contributed by atoms with van der Waals surface area (Å²) >= 11 is 0. The van der Waals surface area contributed by atoms with E-state index in [1.54, 1.807) is 19.2 Å². The molecule has 0 aliphatic carbocycles. The van der Waals surface area contributed by atoms with E-state index >= 15 is 0 Å². The largest absolute Gasteiger partial charge is 0.373 e. The number of nitrogens with two attached hydrogens (primary N) is 1. The summed E-state index contributed by atoms with van der Waals surface area (Å²) in [4.78, 5) is 15.5. The summed E-state index contributed by atoms with van der Waals surface area (Å²) in [6, 6.07) is 7.63. The Morgan fingerprint density at radius 3 is 2.87 bits per heavy atom. The average molecular weight is 430 g/mol. The molecule has 126 valence electrons. The number of amides is 1. The quantitative estimate of drug-likeness (QED) is 0.383. The number of benzene rings is 1. The van der Waals surface area contributed by atoms with Gasteiger partial charge in [0.1, 0.15) is 0 Å². The Morgan fingerprint density at radius 2 is 2.26 bits per heavy atom. The van der Waals surface area contributed by atoms with Gasteiger partial charge in [-0.2, -0.15) is 0 Å². The van der Waals surface area contributed by atoms with Gasteiger partial charge in [0.15, 0.2) is 5.96 Å². The minimum Gasteiger partial charge on any atom is -0.373 e. The molecule has 7 heteroatoms. The van der Waals surface area contributed by atoms with E-state index in [0.29, 0.717) is 30.4 Å². The summed E-state index contributed by atoms with van der Waals surface area (Å²) in [7, 11) is 1.75. The summed E-state index contributed by atoms with van der Waals surface area (Å²) in [5.74, 6) is 0.342. The van der Waals surface area contributed by atoms with Crippen LogP contribution in [-0.2, 0) is 11.3 Å². The highest BCUT2D eigenvalue weighted by molar-refractivity contribution is 14.0. The number of ether oxygens (including phenoxy) is 1. The third-order valence-corrected chi connectivity index (χ3v) is 4.32. The van der Waals surface area contributed by atoms with Gasteiger partial charge in [-0.3, -0.25) is 9.79 Å². The Morgan fingerprint density at radius 1 is 1.43 bits per heavy atom. The number of nitrogens with zero attached hydrogens (tertiary/aromatic N) is 1. The normalized spacial score (nSPS) is 25.8. The second-order valence-electron chi connectivity index (χ2n) is 5.85. The van der Waals surface area contributed by atoms with Crippen LogP contribution in [0.1, 0.15) is 35.2 Å². The van der Waals surface area contributed by atoms with Crippen LogP contribution < -0.4 is 16.4 Å². The van der Waals surface area contributed by atoms with Gasteiger partial charge in [0.05, 0.1) is 18.2 Å². The number of hydrogen-bond acceptors (Lipinski definition) is 3. The highest BCUT2D eigenvalue weighted by Gasteiger charge is 2.41. The maximum absolute atomic E-state index is 11.2. The Labute approximate surface area is 153 Å². The number of fused-ring (bicyclic) bond motifs is 2. The summed E-state index contributed by atoms with van der Waals surface area (Å²) in [6.07, 6.45) is 4.06. The average Bonchev–Trinajstić information content (AvgIpc) is 3.14. The molecule has 1 aromatic carbocycles. The summed E-state index contributed by atoms with van der Waals surface area (Å²) in [6.45, 7) is 0.586. The monoisotopic (exact) mass is 430 g/mol. The van der Waals surface area contributed by atoms with Crippen molar-refractivity contribution in [3.63, 3.8) is 0 Å². The first kappa shape index (κ1) is 18.0. The molecule has 0 radical (unpaired) electrons. The van der Waals surface area contributed by atoms with E-state index in [1.165, 1.54) is 6.42 Å². The van der Waals surface area contributed by atoms with Crippen LogP contribution >= 0.6 is 24.0 Å². The maximum atomic E-state index is 11.2. The van der Waals surface area contributed by atoms with Gasteiger partial charge in [0.2, 0.25) is 5.91 Å². The molecule has 2 bridgehead atoms. The van der Waals surface area contributed by atoms with Crippen molar-refractivity contribution < 1.29 is 9.53 Å². The molecule has 1 aromatic rings. The molecule has 2 fully saturated rings. The van der Waals surface area contributed by atoms with Gasteiger partial charge in [-0.1, -0.05) is 12.1 Å². The van der Waals surface area contributed by atoms with Gasteiger partial charge < -0.3 is 21.1 Å². The topological polar surface area (TPSA) is 88.7 Å². The molecule has 2 saturated heterocycles. The molecule has 2 heterocycles. The lowest BCUT2D eigenvalue weighted by Gasteiger charge is -2.22. The first-order valence-electron chi connectivity index (χ1n) is 7.67. The molecule has 3 atom stereocenters. The van der Waals surface area contributed by atoms with Crippen LogP contribution in [0, 0.1) is 0 Å². The van der Waals surface area contributed by atoms with Crippen molar-refractivity contribution in [2.75, 3.05) is 7.05 Å². The van der Waals surface area contributed by atoms with Gasteiger partial charge in [-0.05, 0) is 37.0 Å². The van der Waals surface area contributed by atoms with Crippen molar-refractivity contribution in [3.05, 3.63) is 35.4 Å². The minimum absolute atomic E-state index is 0. The number of carbonyl (C=O) groups excluding carboxylic acids is 1. The Bertz CT molecular complexity index is 593. The molecule has 3 rings (SSSR count). The molecule has 2 aliphatic heterocycles. The number of carbonyl (C=O) groups is 1. The van der Waals surface area contributed by atoms with E-state index in [1.807, 2.05) is 12.1 Å². The smallest absolute Gasteiger partial charge is 0.248 e. The fourth-order valence-corrected chi connectivity index (χ4v) is 3.18. The van der Waals surface area contributed by atoms with Crippen LogP contribution in [0.4, 0.5) is 0 Å². The van der Waals surface area contributed by atoms with Gasteiger partial charge >= 0.3 is 0 Å². The van der Waals surface area contributed by atoms with E-state index in [2.05, 4.69) is 15.6 Å². The van der Waals surface area contributed by atoms with Crippen molar-refractivity contribution >= 4 is 35.8 Å². The van der Waals surface area contributed by atoms with E-state index in [4.69, 9.17) is 10.5 Å². The Balaban J connectivity index is 0.00000192. The number of nitrogens with one attached hydrogen (secondary N) is 2. The van der Waals surface area contributed by atoms with Crippen LogP contribution in [0.3, 0.4) is 0 Å². The summed E-state index contributed by atoms with van der Waals surface area (Å²) in [5.41, 5.74) is 6.81. The Hall–Kier alpha value is -1.35. The molecule has 23 heavy (non-hydrogen) atoms. The number of primary amides is 1. The van der Waals surface area contributed by atoms with Crippen LogP contribution in [-0.4, -0.2) is 37.2 Å². The number of hydrogen-bond donors (Lipinski definition) is 3. The summed E-state index contributed by atoms with van der Waals surface area (Å²) < 4.78 is 5.84. The highest BCUT2D eigenvalue weighted by atomic mass is 127. The molecular weight excluding hydrogens is 407 g/mol. The van der Waals surface area contributed by atoms with Crippen molar-refractivity contribution in [2.24, 2.45) is 10.7 Å². The maximum Gasteiger partial charge on any atom is 0.248 e. The standard InChI is InChI=1S/C16H22N4O2.HI/c1-18-16(20-13-8-12-5-6-14(13)22-12)19-9-10-3-2-4-11(7-10)15(17)21;/h2-4,7,12-14H,5-6,8-9H2,1H3,(H2,17,21)(H2,18,19,20);1H. The van der Waals surface area contributed by atoms with E-state index in [9.17, 15) is 4.79 Å². The second-order valence-corrected chi connectivity index (χ2v) is 5.85. The zero-order valence-electron chi connectivity index (χ0n) is 13.1. The molecule has 3 unspecified atom stereocenters. The fraction of sp³-hybridized carbons (Fsp3) is 0.500. The van der Waals surface area contributed by atoms with Gasteiger partial charge in [-0.15, -0.1) is 24.0 Å². The molecule has 0 aromatic heterocycles. The Kier molecular flexibility index (Phi) is 6.23. The van der Waals surface area contributed by atoms with Crippen LogP contribution in [0.5, 0.6) is 0 Å². The third-order valence-electron chi connectivity index (χ3n) is 4.32. The molecule has 6 nitrogen and oxygen atoms in total. The first-order valence-corrected chi connectivity index (χ1v) is 7.67. The third kappa shape index (κ3) is 4.35. The van der Waals surface area contributed by atoms with E-state index in [0.717, 1.165) is 24.4 Å². The molecular formula is C16H23IN4O2. The van der Waals surface area contributed by atoms with E-state index < -0.39 is 5.91 Å². The second kappa shape index (κ2) is 7.96. The number of guanidine groups is 1. The van der Waals surface area contributed by atoms with Crippen molar-refractivity contribution in [1.82, 2.24) is 10.6 Å². The van der Waals surface area contributed by atoms with E-state index in [-0.39, 0.29) is 24.0 Å². The van der Waals surface area contributed by atoms with Crippen LogP contribution in [0.25, 0.3) is 0 Å². The lowest BCUT2D eigenvalue weighted by Crippen LogP contribution is -2.47. The van der Waals surface area contributed by atoms with Gasteiger partial charge in [0.25, 0.3) is 0 Å². The number of halogens is 1. The SMILES string of the molecule is CN=C(NCc1cccc(C(N)=O)c1)NC1CC2CCC1O2.I. The molecule has 4 N–H and O–H groups in total. The molecule has 1 amide bonds. The van der Waals surface area contributed by atoms with Crippen LogP contribution in [0.2, 0.25) is 0 Å². The van der Waals surface area contributed by atoms with Crippen molar-refractivity contribution in [2.45, 2.75) is 44.1 Å². The highest BCUT2D eigenvalue weighted by Crippen LogP contribution is 2.34. The number of rotatable bonds is 4. The first-order chi connectivity index (χ1) is 10.7. The predicted octanol–water partition coefficient (Wildman–Crippen LogP) is 1.39. The van der Waals surface area contributed by atoms with Gasteiger partial charge in [0, 0.05) is 19.2 Å². The molecule has 0 spiro atoms. The molecule has 2 aliphatic rings. The van der Waals surface area contributed by atoms with Crippen molar-refractivity contribution in [3.8, 4) is 0 Å². The number of aliphatic imine (C=N–C) groups is 1. The molecule has 0 saturated carbocycles. The zero-order valence-corrected chi connectivity index (χ0v) is 15.4. The lowest BCUT2D eigenvalue weighted by molar-refractivity contribution is 0.0990. The minimum atomic E-state index is -0.413. The van der Waals surface area contributed by atoms with Crippen molar-refractivity contribution in [1.29, 1.82) is 0 Å². The van der Waals surface area contributed by atoms with Gasteiger partial charge in [-0.25, -0.2) is 0 Å².